The van der Waals surface area contributed by atoms with Crippen molar-refractivity contribution in [3.05, 3.63) is 64.8 Å². The van der Waals surface area contributed by atoms with Gasteiger partial charge in [-0.3, -0.25) is 0 Å². The van der Waals surface area contributed by atoms with E-state index in [4.69, 9.17) is 14.0 Å². The predicted octanol–water partition coefficient (Wildman–Crippen LogP) is 3.89. The van der Waals surface area contributed by atoms with E-state index >= 15 is 0 Å². The Morgan fingerprint density at radius 2 is 1.93 bits per heavy atom. The topological polar surface area (TPSA) is 88.1 Å². The van der Waals surface area contributed by atoms with E-state index in [0.717, 1.165) is 17.0 Å². The lowest BCUT2D eigenvalue weighted by Crippen LogP contribution is -2.22. The molecule has 0 radical (unpaired) electrons. The summed E-state index contributed by atoms with van der Waals surface area (Å²) in [7, 11) is 1.63. The van der Waals surface area contributed by atoms with Crippen molar-refractivity contribution in [3.8, 4) is 28.7 Å². The van der Waals surface area contributed by atoms with Crippen molar-refractivity contribution in [3.63, 3.8) is 0 Å². The first kappa shape index (κ1) is 18.5. The molecule has 0 unspecified atom stereocenters. The maximum absolute atomic E-state index is 6.14. The highest BCUT2D eigenvalue weighted by atomic mass is 16.5. The number of rotatable bonds is 4. The smallest absolute Gasteiger partial charge is 0.280 e. The van der Waals surface area contributed by atoms with Gasteiger partial charge in [0.1, 0.15) is 11.9 Å². The minimum atomic E-state index is -0.0646. The minimum absolute atomic E-state index is 0.0646. The van der Waals surface area contributed by atoms with Crippen molar-refractivity contribution in [2.24, 2.45) is 0 Å². The second kappa shape index (κ2) is 7.38. The van der Waals surface area contributed by atoms with Crippen molar-refractivity contribution < 1.29 is 14.0 Å². The number of benzene rings is 2. The van der Waals surface area contributed by atoms with Crippen LogP contribution < -0.4 is 4.74 Å². The van der Waals surface area contributed by atoms with E-state index in [2.05, 4.69) is 52.5 Å². The van der Waals surface area contributed by atoms with Crippen molar-refractivity contribution in [2.45, 2.75) is 33.1 Å². The third-order valence-corrected chi connectivity index (χ3v) is 5.35. The molecule has 8 heteroatoms. The summed E-state index contributed by atoms with van der Waals surface area (Å²) in [6.45, 7) is 5.16. The van der Waals surface area contributed by atoms with Gasteiger partial charge in [0.2, 0.25) is 5.82 Å². The van der Waals surface area contributed by atoms with Gasteiger partial charge in [0.05, 0.1) is 26.0 Å². The van der Waals surface area contributed by atoms with Gasteiger partial charge in [-0.25, -0.2) is 4.68 Å². The van der Waals surface area contributed by atoms with Crippen LogP contribution in [0.2, 0.25) is 0 Å². The summed E-state index contributed by atoms with van der Waals surface area (Å²) < 4.78 is 18.7. The van der Waals surface area contributed by atoms with Gasteiger partial charge in [0, 0.05) is 5.56 Å². The summed E-state index contributed by atoms with van der Waals surface area (Å²) >= 11 is 0. The van der Waals surface area contributed by atoms with Crippen LogP contribution in [0.3, 0.4) is 0 Å². The van der Waals surface area contributed by atoms with E-state index in [1.165, 1.54) is 16.7 Å². The zero-order chi connectivity index (χ0) is 20.7. The highest BCUT2D eigenvalue weighted by molar-refractivity contribution is 5.59. The maximum Gasteiger partial charge on any atom is 0.280 e. The maximum atomic E-state index is 6.14. The zero-order valence-electron chi connectivity index (χ0n) is 17.0. The Labute approximate surface area is 173 Å². The molecule has 0 saturated heterocycles. The molecular formula is C22H21N5O3. The second-order valence-electron chi connectivity index (χ2n) is 7.38. The third-order valence-electron chi connectivity index (χ3n) is 5.35. The lowest BCUT2D eigenvalue weighted by Gasteiger charge is -2.25. The van der Waals surface area contributed by atoms with Crippen LogP contribution in [0, 0.1) is 13.8 Å². The monoisotopic (exact) mass is 403 g/mol. The molecule has 152 valence electrons. The van der Waals surface area contributed by atoms with Crippen molar-refractivity contribution in [2.75, 3.05) is 7.11 Å². The first-order valence-corrected chi connectivity index (χ1v) is 9.72. The summed E-state index contributed by atoms with van der Waals surface area (Å²) in [5.41, 5.74) is 5.84. The van der Waals surface area contributed by atoms with Crippen LogP contribution in [-0.4, -0.2) is 32.2 Å². The number of aryl methyl sites for hydroxylation is 2. The molecule has 0 N–H and O–H groups in total. The van der Waals surface area contributed by atoms with Gasteiger partial charge in [-0.05, 0) is 49.2 Å². The lowest BCUT2D eigenvalue weighted by atomic mass is 10.0. The van der Waals surface area contributed by atoms with Crippen LogP contribution in [0.15, 0.2) is 47.0 Å². The average molecular weight is 403 g/mol. The fraction of sp³-hybridized carbons (Fsp3) is 0.273. The number of nitrogens with zero attached hydrogens (tertiary/aromatic N) is 5. The molecule has 0 amide bonds. The van der Waals surface area contributed by atoms with Crippen molar-refractivity contribution in [1.82, 2.24) is 25.1 Å². The minimum Gasteiger partial charge on any atom is -0.497 e. The molecule has 2 aromatic carbocycles. The number of hydrogen-bond acceptors (Lipinski definition) is 7. The Balaban J connectivity index is 1.40. The fourth-order valence-electron chi connectivity index (χ4n) is 3.73. The van der Waals surface area contributed by atoms with Gasteiger partial charge in [-0.15, -0.1) is 5.10 Å². The summed E-state index contributed by atoms with van der Waals surface area (Å²) in [4.78, 5) is 4.50. The lowest BCUT2D eigenvalue weighted by molar-refractivity contribution is -0.00153. The Morgan fingerprint density at radius 1 is 1.10 bits per heavy atom. The third kappa shape index (κ3) is 3.25. The molecule has 1 aliphatic rings. The first-order chi connectivity index (χ1) is 14.6. The number of methoxy groups -OCH3 is 1. The van der Waals surface area contributed by atoms with E-state index in [1.54, 1.807) is 7.11 Å². The molecule has 1 atom stereocenters. The molecule has 0 spiro atoms. The second-order valence-corrected chi connectivity index (χ2v) is 7.38. The number of fused-ring (bicyclic) bond motifs is 1. The van der Waals surface area contributed by atoms with Crippen LogP contribution in [0.5, 0.6) is 5.75 Å². The van der Waals surface area contributed by atoms with Gasteiger partial charge in [0.25, 0.3) is 5.89 Å². The van der Waals surface area contributed by atoms with Gasteiger partial charge in [-0.2, -0.15) is 4.98 Å². The first-order valence-electron chi connectivity index (χ1n) is 9.72. The summed E-state index contributed by atoms with van der Waals surface area (Å²) in [5.74, 6) is 1.58. The quantitative estimate of drug-likeness (QED) is 0.511. The Kier molecular flexibility index (Phi) is 4.55. The molecule has 2 aromatic heterocycles. The molecule has 8 nitrogen and oxygen atoms in total. The van der Waals surface area contributed by atoms with E-state index in [1.807, 2.05) is 28.9 Å². The molecular weight excluding hydrogens is 382 g/mol. The SMILES string of the molecule is COc1ccc(-c2noc(-c3nnn4c3CO[C@H](c3ccc(C)cc3C)C4)n2)cc1. The van der Waals surface area contributed by atoms with Gasteiger partial charge in [-0.1, -0.05) is 34.1 Å². The number of ether oxygens (including phenoxy) is 2. The summed E-state index contributed by atoms with van der Waals surface area (Å²) in [6.07, 6.45) is -0.0646. The Bertz CT molecular complexity index is 1200. The van der Waals surface area contributed by atoms with Crippen molar-refractivity contribution >= 4 is 0 Å². The molecule has 0 aliphatic carbocycles. The van der Waals surface area contributed by atoms with Crippen LogP contribution in [0.4, 0.5) is 0 Å². The van der Waals surface area contributed by atoms with Crippen molar-refractivity contribution in [1.29, 1.82) is 0 Å². The fourth-order valence-corrected chi connectivity index (χ4v) is 3.73. The number of aromatic nitrogens is 5. The molecule has 0 saturated carbocycles. The Morgan fingerprint density at radius 3 is 2.70 bits per heavy atom. The molecule has 3 heterocycles. The molecule has 30 heavy (non-hydrogen) atoms. The van der Waals surface area contributed by atoms with Crippen LogP contribution >= 0.6 is 0 Å². The molecule has 1 aliphatic heterocycles. The largest absolute Gasteiger partial charge is 0.497 e. The Hall–Kier alpha value is -3.52. The van der Waals surface area contributed by atoms with Gasteiger partial charge >= 0.3 is 0 Å². The van der Waals surface area contributed by atoms with Gasteiger partial charge in [0.15, 0.2) is 5.69 Å². The summed E-state index contributed by atoms with van der Waals surface area (Å²) in [6, 6.07) is 13.9. The van der Waals surface area contributed by atoms with E-state index in [-0.39, 0.29) is 6.10 Å². The highest BCUT2D eigenvalue weighted by Gasteiger charge is 2.28. The molecule has 4 aromatic rings. The summed E-state index contributed by atoms with van der Waals surface area (Å²) in [5, 5.41) is 12.7. The molecule has 0 bridgehead atoms. The zero-order valence-corrected chi connectivity index (χ0v) is 17.0. The van der Waals surface area contributed by atoms with E-state index in [0.29, 0.717) is 30.6 Å². The standard InChI is InChI=1S/C22H21N5O3/c1-13-4-9-17(14(2)10-13)19-11-27-18(12-29-19)20(24-26-27)22-23-21(25-30-22)15-5-7-16(28-3)8-6-15/h4-10,19H,11-12H2,1-3H3/t19-/m0/s1. The molecule has 5 rings (SSSR count). The van der Waals surface area contributed by atoms with Crippen LogP contribution in [-0.2, 0) is 17.9 Å². The number of hydrogen-bond donors (Lipinski definition) is 0. The molecule has 0 fully saturated rings. The van der Waals surface area contributed by atoms with E-state index < -0.39 is 0 Å². The average Bonchev–Trinajstić information content (AvgIpc) is 3.40. The predicted molar refractivity (Wildman–Crippen MR) is 109 cm³/mol. The van der Waals surface area contributed by atoms with Crippen LogP contribution in [0.25, 0.3) is 23.0 Å². The highest BCUT2D eigenvalue weighted by Crippen LogP contribution is 2.32. The van der Waals surface area contributed by atoms with Crippen LogP contribution in [0.1, 0.15) is 28.5 Å². The van der Waals surface area contributed by atoms with E-state index in [9.17, 15) is 0 Å². The van der Waals surface area contributed by atoms with Gasteiger partial charge < -0.3 is 14.0 Å². The normalized spacial score (nSPS) is 15.8.